The monoisotopic (exact) mass is 760 g/mol. The number of rotatable bonds is 29. The Morgan fingerprint density at radius 1 is 0.774 bits per heavy atom. The van der Waals surface area contributed by atoms with E-state index in [1.54, 1.807) is 0 Å². The van der Waals surface area contributed by atoms with Crippen LogP contribution < -0.4 is 9.64 Å². The first-order valence-corrected chi connectivity index (χ1v) is 17.8. The molecular weight excluding hydrogens is 712 g/mol. The van der Waals surface area contributed by atoms with Crippen LogP contribution in [0.25, 0.3) is 0 Å². The molecule has 0 atom stereocenters. The standard InChI is InChI=1S/C37H49ClN4O11/c1-2-41(32-8-6-31(7-9-32)39-40-36-13-10-33(42(45)46)29-35(36)38)15-17-52-34-11-3-30(4-12-34)5-14-37(44)53-28-27-51-26-25-50-24-23-49-22-21-48-20-19-47-18-16-43/h3-4,6-13,29,43H,2,5,14-28H2,1H3. The lowest BCUT2D eigenvalue weighted by Gasteiger charge is -2.23. The molecule has 15 nitrogen and oxygen atoms in total. The van der Waals surface area contributed by atoms with E-state index in [9.17, 15) is 14.9 Å². The molecule has 0 aromatic heterocycles. The molecule has 0 saturated heterocycles. The molecule has 0 saturated carbocycles. The number of aliphatic hydroxyl groups excluding tert-OH is 1. The first-order chi connectivity index (χ1) is 25.9. The van der Waals surface area contributed by atoms with Crippen molar-refractivity contribution in [2.45, 2.75) is 19.8 Å². The zero-order valence-corrected chi connectivity index (χ0v) is 30.8. The third-order valence-corrected chi connectivity index (χ3v) is 7.70. The number of carbonyl (C=O) groups is 1. The summed E-state index contributed by atoms with van der Waals surface area (Å²) in [5, 5.41) is 28.0. The van der Waals surface area contributed by atoms with Gasteiger partial charge in [-0.25, -0.2) is 0 Å². The van der Waals surface area contributed by atoms with Crippen LogP contribution in [-0.2, 0) is 39.6 Å². The summed E-state index contributed by atoms with van der Waals surface area (Å²) < 4.78 is 37.9. The van der Waals surface area contributed by atoms with Crippen LogP contribution in [0.5, 0.6) is 5.75 Å². The zero-order valence-electron chi connectivity index (χ0n) is 30.1. The van der Waals surface area contributed by atoms with Crippen LogP contribution in [0, 0.1) is 10.1 Å². The maximum atomic E-state index is 12.1. The second kappa shape index (κ2) is 26.5. The van der Waals surface area contributed by atoms with Gasteiger partial charge in [-0.3, -0.25) is 14.9 Å². The van der Waals surface area contributed by atoms with E-state index in [2.05, 4.69) is 22.1 Å². The molecule has 0 heterocycles. The van der Waals surface area contributed by atoms with Crippen molar-refractivity contribution in [3.63, 3.8) is 0 Å². The van der Waals surface area contributed by atoms with Crippen molar-refractivity contribution >= 4 is 40.3 Å². The van der Waals surface area contributed by atoms with Crippen LogP contribution in [0.4, 0.5) is 22.7 Å². The van der Waals surface area contributed by atoms with Gasteiger partial charge in [0.1, 0.15) is 24.7 Å². The van der Waals surface area contributed by atoms with Gasteiger partial charge in [0, 0.05) is 30.8 Å². The lowest BCUT2D eigenvalue weighted by atomic mass is 10.1. The number of halogens is 1. The summed E-state index contributed by atoms with van der Waals surface area (Å²) in [6.07, 6.45) is 0.823. The molecule has 0 radical (unpaired) electrons. The molecule has 0 aliphatic rings. The maximum absolute atomic E-state index is 12.1. The third kappa shape index (κ3) is 18.4. The number of likely N-dealkylation sites (N-methyl/N-ethyl adjacent to an activating group) is 1. The minimum Gasteiger partial charge on any atom is -0.492 e. The molecule has 0 aliphatic carbocycles. The summed E-state index contributed by atoms with van der Waals surface area (Å²) in [6, 6.07) is 19.3. The van der Waals surface area contributed by atoms with Crippen molar-refractivity contribution in [2.75, 3.05) is 104 Å². The van der Waals surface area contributed by atoms with Crippen LogP contribution in [-0.4, -0.2) is 115 Å². The van der Waals surface area contributed by atoms with Crippen molar-refractivity contribution in [3.05, 3.63) is 87.4 Å². The molecule has 16 heteroatoms. The number of benzene rings is 3. The van der Waals surface area contributed by atoms with E-state index in [0.717, 1.165) is 23.5 Å². The number of azo groups is 1. The molecule has 53 heavy (non-hydrogen) atoms. The van der Waals surface area contributed by atoms with Crippen molar-refractivity contribution in [1.82, 2.24) is 0 Å². The second-order valence-corrected chi connectivity index (χ2v) is 11.6. The van der Waals surface area contributed by atoms with Gasteiger partial charge < -0.3 is 43.2 Å². The molecule has 3 aromatic rings. The van der Waals surface area contributed by atoms with E-state index in [1.807, 2.05) is 48.5 Å². The molecular formula is C37H49ClN4O11. The van der Waals surface area contributed by atoms with E-state index in [1.165, 1.54) is 18.2 Å². The Morgan fingerprint density at radius 3 is 1.91 bits per heavy atom. The second-order valence-electron chi connectivity index (χ2n) is 11.2. The van der Waals surface area contributed by atoms with E-state index in [4.69, 9.17) is 49.9 Å². The largest absolute Gasteiger partial charge is 0.492 e. The minimum absolute atomic E-state index is 0.00610. The van der Waals surface area contributed by atoms with Gasteiger partial charge in [0.15, 0.2) is 0 Å². The normalized spacial score (nSPS) is 11.2. The van der Waals surface area contributed by atoms with Crippen LogP contribution in [0.1, 0.15) is 18.9 Å². The van der Waals surface area contributed by atoms with E-state index in [-0.39, 0.29) is 36.3 Å². The highest BCUT2D eigenvalue weighted by molar-refractivity contribution is 6.33. The molecule has 0 aliphatic heterocycles. The quantitative estimate of drug-likeness (QED) is 0.0283. The van der Waals surface area contributed by atoms with Gasteiger partial charge in [-0.1, -0.05) is 23.7 Å². The van der Waals surface area contributed by atoms with Gasteiger partial charge >= 0.3 is 5.97 Å². The highest BCUT2D eigenvalue weighted by atomic mass is 35.5. The molecule has 290 valence electrons. The lowest BCUT2D eigenvalue weighted by Crippen LogP contribution is -2.27. The number of anilines is 1. The molecule has 0 unspecified atom stereocenters. The maximum Gasteiger partial charge on any atom is 0.306 e. The summed E-state index contributed by atoms with van der Waals surface area (Å²) in [7, 11) is 0. The number of nitrogens with zero attached hydrogens (tertiary/aromatic N) is 4. The Kier molecular flexibility index (Phi) is 21.6. The van der Waals surface area contributed by atoms with E-state index < -0.39 is 4.92 Å². The molecule has 3 aromatic carbocycles. The number of carbonyl (C=O) groups excluding carboxylic acids is 1. The Hall–Kier alpha value is -4.22. The van der Waals surface area contributed by atoms with Crippen molar-refractivity contribution in [3.8, 4) is 5.75 Å². The van der Waals surface area contributed by atoms with Gasteiger partial charge in [0.05, 0.1) is 94.9 Å². The number of nitro groups is 1. The first-order valence-electron chi connectivity index (χ1n) is 17.5. The summed E-state index contributed by atoms with van der Waals surface area (Å²) in [5.74, 6) is 0.456. The van der Waals surface area contributed by atoms with Crippen LogP contribution >= 0.6 is 11.6 Å². The van der Waals surface area contributed by atoms with Gasteiger partial charge in [0.25, 0.3) is 5.69 Å². The average molecular weight is 761 g/mol. The summed E-state index contributed by atoms with van der Waals surface area (Å²) >= 11 is 6.10. The number of hydrogen-bond donors (Lipinski definition) is 1. The lowest BCUT2D eigenvalue weighted by molar-refractivity contribution is -0.384. The molecule has 1 N–H and O–H groups in total. The van der Waals surface area contributed by atoms with Crippen molar-refractivity contribution in [2.24, 2.45) is 10.2 Å². The number of aliphatic hydroxyl groups is 1. The van der Waals surface area contributed by atoms with Crippen LogP contribution in [0.15, 0.2) is 77.0 Å². The zero-order chi connectivity index (χ0) is 37.9. The predicted octanol–water partition coefficient (Wildman–Crippen LogP) is 6.12. The fourth-order valence-electron chi connectivity index (χ4n) is 4.61. The topological polar surface area (TPSA) is 173 Å². The predicted molar refractivity (Wildman–Crippen MR) is 199 cm³/mol. The Morgan fingerprint density at radius 2 is 1.36 bits per heavy atom. The van der Waals surface area contributed by atoms with Crippen LogP contribution in [0.2, 0.25) is 5.02 Å². The Bertz CT molecular complexity index is 1500. The summed E-state index contributed by atoms with van der Waals surface area (Å²) in [5.41, 5.74) is 2.86. The SMILES string of the molecule is CCN(CCOc1ccc(CCC(=O)OCCOCCOCCOCCOCCOCCO)cc1)c1ccc(N=Nc2ccc([N+](=O)[O-])cc2Cl)cc1. The molecule has 0 spiro atoms. The van der Waals surface area contributed by atoms with Gasteiger partial charge in [-0.2, -0.15) is 5.11 Å². The highest BCUT2D eigenvalue weighted by Gasteiger charge is 2.10. The van der Waals surface area contributed by atoms with Crippen LogP contribution in [0.3, 0.4) is 0 Å². The van der Waals surface area contributed by atoms with E-state index in [0.29, 0.717) is 97.0 Å². The Labute approximate surface area is 314 Å². The number of hydrogen-bond acceptors (Lipinski definition) is 14. The molecule has 3 rings (SSSR count). The number of aryl methyl sites for hydroxylation is 1. The fourth-order valence-corrected chi connectivity index (χ4v) is 4.82. The van der Waals surface area contributed by atoms with Gasteiger partial charge in [-0.05, 0) is 61.4 Å². The Balaban J connectivity index is 1.21. The fraction of sp³-hybridized carbons (Fsp3) is 0.486. The van der Waals surface area contributed by atoms with Gasteiger partial charge in [0.2, 0.25) is 0 Å². The first kappa shape index (κ1) is 43.2. The minimum atomic E-state index is -0.516. The van der Waals surface area contributed by atoms with Crippen molar-refractivity contribution in [1.29, 1.82) is 0 Å². The third-order valence-electron chi connectivity index (χ3n) is 7.40. The summed E-state index contributed by atoms with van der Waals surface area (Å²) in [6.45, 7) is 8.34. The number of non-ortho nitro benzene ring substituents is 1. The average Bonchev–Trinajstić information content (AvgIpc) is 3.17. The van der Waals surface area contributed by atoms with E-state index >= 15 is 0 Å². The number of esters is 1. The van der Waals surface area contributed by atoms with Gasteiger partial charge in [-0.15, -0.1) is 5.11 Å². The number of ether oxygens (including phenoxy) is 7. The molecule has 0 bridgehead atoms. The molecule has 0 fully saturated rings. The summed E-state index contributed by atoms with van der Waals surface area (Å²) in [4.78, 5) is 24.7. The smallest absolute Gasteiger partial charge is 0.306 e. The molecule has 0 amide bonds. The van der Waals surface area contributed by atoms with Crippen molar-refractivity contribution < 1.29 is 48.0 Å². The highest BCUT2D eigenvalue weighted by Crippen LogP contribution is 2.30. The number of nitro benzene ring substituents is 1.